The van der Waals surface area contributed by atoms with Crippen molar-refractivity contribution in [3.8, 4) is 11.5 Å². The maximum atomic E-state index is 10.9. The van der Waals surface area contributed by atoms with Crippen molar-refractivity contribution in [3.63, 3.8) is 0 Å². The van der Waals surface area contributed by atoms with E-state index in [4.69, 9.17) is 14.6 Å². The van der Waals surface area contributed by atoms with Crippen LogP contribution in [-0.4, -0.2) is 42.2 Å². The van der Waals surface area contributed by atoms with Crippen molar-refractivity contribution < 1.29 is 19.4 Å². The highest BCUT2D eigenvalue weighted by atomic mass is 16.5. The Morgan fingerprint density at radius 1 is 1.17 bits per heavy atom. The van der Waals surface area contributed by atoms with Gasteiger partial charge >= 0.3 is 5.97 Å². The van der Waals surface area contributed by atoms with Crippen molar-refractivity contribution in [2.45, 2.75) is 26.4 Å². The first kappa shape index (κ1) is 19.5. The largest absolute Gasteiger partial charge is 0.489 e. The zero-order chi connectivity index (χ0) is 20.2. The number of rotatable bonds is 8. The predicted molar refractivity (Wildman–Crippen MR) is 112 cm³/mol. The molecule has 0 atom stereocenters. The molecular formula is C24H27NO4. The Morgan fingerprint density at radius 2 is 1.93 bits per heavy atom. The zero-order valence-electron chi connectivity index (χ0n) is 16.8. The smallest absolute Gasteiger partial charge is 0.309 e. The highest BCUT2D eigenvalue weighted by Crippen LogP contribution is 2.31. The molecule has 0 aromatic heterocycles. The lowest BCUT2D eigenvalue weighted by atomic mass is 9.98. The molecule has 2 aliphatic heterocycles. The number of aryl methyl sites for hydroxylation is 1. The number of carbonyl (C=O) groups is 1. The number of nitrogens with zero attached hydrogens (tertiary/aromatic N) is 1. The van der Waals surface area contributed by atoms with Crippen LogP contribution in [0.3, 0.4) is 0 Å². The molecule has 5 heteroatoms. The SMILES string of the molecule is CCCc1ccc(COc2ccc3c(c2)OCC(CN2CC(C(=O)O)C2)=C3)cc1. The van der Waals surface area contributed by atoms with Crippen LogP contribution >= 0.6 is 0 Å². The van der Waals surface area contributed by atoms with Crippen LogP contribution in [0.2, 0.25) is 0 Å². The van der Waals surface area contributed by atoms with Crippen LogP contribution < -0.4 is 9.47 Å². The number of hydrogen-bond donors (Lipinski definition) is 1. The number of benzene rings is 2. The molecule has 2 aromatic carbocycles. The first-order valence-electron chi connectivity index (χ1n) is 10.2. The van der Waals surface area contributed by atoms with E-state index in [0.717, 1.165) is 42.0 Å². The molecule has 0 unspecified atom stereocenters. The minimum Gasteiger partial charge on any atom is -0.489 e. The summed E-state index contributed by atoms with van der Waals surface area (Å²) in [6.45, 7) is 5.25. The van der Waals surface area contributed by atoms with E-state index >= 15 is 0 Å². The average molecular weight is 393 g/mol. The van der Waals surface area contributed by atoms with Gasteiger partial charge in [0.15, 0.2) is 0 Å². The molecule has 0 radical (unpaired) electrons. The Bertz CT molecular complexity index is 898. The van der Waals surface area contributed by atoms with Crippen molar-refractivity contribution in [1.82, 2.24) is 4.90 Å². The minimum atomic E-state index is -0.704. The number of hydrogen-bond acceptors (Lipinski definition) is 4. The predicted octanol–water partition coefficient (Wildman–Crippen LogP) is 4.01. The number of fused-ring (bicyclic) bond motifs is 1. The summed E-state index contributed by atoms with van der Waals surface area (Å²) in [4.78, 5) is 13.1. The van der Waals surface area contributed by atoms with E-state index in [0.29, 0.717) is 26.3 Å². The van der Waals surface area contributed by atoms with Gasteiger partial charge in [-0.15, -0.1) is 0 Å². The molecule has 0 amide bonds. The summed E-state index contributed by atoms with van der Waals surface area (Å²) >= 11 is 0. The zero-order valence-corrected chi connectivity index (χ0v) is 16.8. The number of carboxylic acid groups (broad SMARTS) is 1. The summed E-state index contributed by atoms with van der Waals surface area (Å²) in [5, 5.41) is 8.99. The maximum absolute atomic E-state index is 10.9. The van der Waals surface area contributed by atoms with Gasteiger partial charge in [0.25, 0.3) is 0 Å². The summed E-state index contributed by atoms with van der Waals surface area (Å²) in [5.74, 6) is 0.696. The van der Waals surface area contributed by atoms with Crippen LogP contribution in [0, 0.1) is 5.92 Å². The van der Waals surface area contributed by atoms with Crippen LogP contribution in [0.25, 0.3) is 6.08 Å². The lowest BCUT2D eigenvalue weighted by Gasteiger charge is -2.37. The topological polar surface area (TPSA) is 59.0 Å². The van der Waals surface area contributed by atoms with Gasteiger partial charge in [0.2, 0.25) is 0 Å². The summed E-state index contributed by atoms with van der Waals surface area (Å²) < 4.78 is 11.9. The highest BCUT2D eigenvalue weighted by molar-refractivity contribution is 5.71. The fourth-order valence-corrected chi connectivity index (χ4v) is 3.77. The molecule has 0 bridgehead atoms. The van der Waals surface area contributed by atoms with Gasteiger partial charge in [-0.05, 0) is 41.3 Å². The van der Waals surface area contributed by atoms with Crippen LogP contribution in [0.5, 0.6) is 11.5 Å². The molecule has 2 heterocycles. The molecule has 4 rings (SSSR count). The quantitative estimate of drug-likeness (QED) is 0.734. The Hall–Kier alpha value is -2.79. The van der Waals surface area contributed by atoms with E-state index in [2.05, 4.69) is 42.2 Å². The van der Waals surface area contributed by atoms with Gasteiger partial charge in [-0.2, -0.15) is 0 Å². The maximum Gasteiger partial charge on any atom is 0.309 e. The van der Waals surface area contributed by atoms with E-state index in [1.54, 1.807) is 0 Å². The van der Waals surface area contributed by atoms with Crippen molar-refractivity contribution >= 4 is 12.0 Å². The second-order valence-corrected chi connectivity index (χ2v) is 7.88. The molecule has 2 aromatic rings. The van der Waals surface area contributed by atoms with Gasteiger partial charge in [-0.1, -0.05) is 37.6 Å². The number of carboxylic acids is 1. The first-order chi connectivity index (χ1) is 14.1. The summed E-state index contributed by atoms with van der Waals surface area (Å²) in [7, 11) is 0. The molecule has 152 valence electrons. The third-order valence-corrected chi connectivity index (χ3v) is 5.46. The van der Waals surface area contributed by atoms with Crippen molar-refractivity contribution in [2.24, 2.45) is 5.92 Å². The number of ether oxygens (including phenoxy) is 2. The molecule has 5 nitrogen and oxygen atoms in total. The highest BCUT2D eigenvalue weighted by Gasteiger charge is 2.32. The van der Waals surface area contributed by atoms with Crippen LogP contribution in [0.15, 0.2) is 48.0 Å². The van der Waals surface area contributed by atoms with Crippen molar-refractivity contribution in [2.75, 3.05) is 26.2 Å². The Kier molecular flexibility index (Phi) is 5.86. The monoisotopic (exact) mass is 393 g/mol. The van der Waals surface area contributed by atoms with E-state index in [9.17, 15) is 4.79 Å². The second kappa shape index (κ2) is 8.70. The van der Waals surface area contributed by atoms with Crippen molar-refractivity contribution in [3.05, 3.63) is 64.7 Å². The molecule has 29 heavy (non-hydrogen) atoms. The Morgan fingerprint density at radius 3 is 2.66 bits per heavy atom. The van der Waals surface area contributed by atoms with Gasteiger partial charge in [0.1, 0.15) is 24.7 Å². The molecule has 2 aliphatic rings. The van der Waals surface area contributed by atoms with Gasteiger partial charge in [-0.25, -0.2) is 0 Å². The Balaban J connectivity index is 1.32. The summed E-state index contributed by atoms with van der Waals surface area (Å²) in [6.07, 6.45) is 4.40. The Labute approximate surface area is 171 Å². The van der Waals surface area contributed by atoms with Crippen LogP contribution in [-0.2, 0) is 17.8 Å². The molecule has 0 spiro atoms. The third-order valence-electron chi connectivity index (χ3n) is 5.46. The third kappa shape index (κ3) is 4.80. The molecular weight excluding hydrogens is 366 g/mol. The van der Waals surface area contributed by atoms with Crippen LogP contribution in [0.4, 0.5) is 0 Å². The normalized spacial score (nSPS) is 16.4. The number of aliphatic carboxylic acids is 1. The second-order valence-electron chi connectivity index (χ2n) is 7.88. The molecule has 0 saturated carbocycles. The molecule has 1 fully saturated rings. The fraction of sp³-hybridized carbons (Fsp3) is 0.375. The van der Waals surface area contributed by atoms with E-state index in [1.807, 2.05) is 18.2 Å². The number of likely N-dealkylation sites (tertiary alicyclic amines) is 1. The average Bonchev–Trinajstić information content (AvgIpc) is 2.69. The molecule has 0 aliphatic carbocycles. The lowest BCUT2D eigenvalue weighted by Crippen LogP contribution is -2.51. The van der Waals surface area contributed by atoms with Gasteiger partial charge in [0, 0.05) is 31.3 Å². The molecule has 1 saturated heterocycles. The summed E-state index contributed by atoms with van der Waals surface area (Å²) in [6, 6.07) is 14.5. The van der Waals surface area contributed by atoms with E-state index in [-0.39, 0.29) is 5.92 Å². The van der Waals surface area contributed by atoms with Crippen molar-refractivity contribution in [1.29, 1.82) is 0 Å². The van der Waals surface area contributed by atoms with Gasteiger partial charge in [-0.3, -0.25) is 9.69 Å². The standard InChI is InChI=1S/C24H27NO4/c1-2-3-17-4-6-18(7-5-17)15-28-22-9-8-20-10-19(16-29-23(20)11-22)12-25-13-21(14-25)24(26)27/h4-11,21H,2-3,12-16H2,1H3,(H,26,27). The van der Waals surface area contributed by atoms with Gasteiger partial charge in [0.05, 0.1) is 5.92 Å². The lowest BCUT2D eigenvalue weighted by molar-refractivity contribution is -0.147. The van der Waals surface area contributed by atoms with Crippen LogP contribution in [0.1, 0.15) is 30.0 Å². The summed E-state index contributed by atoms with van der Waals surface area (Å²) in [5.41, 5.74) is 4.72. The fourth-order valence-electron chi connectivity index (χ4n) is 3.77. The van der Waals surface area contributed by atoms with E-state index in [1.165, 1.54) is 11.1 Å². The van der Waals surface area contributed by atoms with Gasteiger partial charge < -0.3 is 14.6 Å². The van der Waals surface area contributed by atoms with E-state index < -0.39 is 5.97 Å². The molecule has 1 N–H and O–H groups in total. The minimum absolute atomic E-state index is 0.227. The first-order valence-corrected chi connectivity index (χ1v) is 10.2.